The monoisotopic (exact) mass is 231 g/mol. The number of rotatable bonds is 3. The lowest BCUT2D eigenvalue weighted by Crippen LogP contribution is -2.19. The second kappa shape index (κ2) is 3.56. The number of halogens is 1. The number of aromatic nitrogens is 3. The van der Waals surface area contributed by atoms with Crippen LogP contribution in [0.2, 0.25) is 0 Å². The average Bonchev–Trinajstić information content (AvgIpc) is 2.36. The van der Waals surface area contributed by atoms with Gasteiger partial charge in [0.2, 0.25) is 0 Å². The van der Waals surface area contributed by atoms with Crippen LogP contribution in [0.1, 0.15) is 19.7 Å². The second-order valence-corrected chi connectivity index (χ2v) is 4.34. The zero-order valence-corrected chi connectivity index (χ0v) is 9.30. The summed E-state index contributed by atoms with van der Waals surface area (Å²) in [4.78, 5) is 4.18. The summed E-state index contributed by atoms with van der Waals surface area (Å²) in [6, 6.07) is 0. The van der Waals surface area contributed by atoms with Gasteiger partial charge in [-0.15, -0.1) is 0 Å². The molecule has 0 aliphatic heterocycles. The Morgan fingerprint density at radius 3 is 2.67 bits per heavy atom. The topological polar surface area (TPSA) is 30.7 Å². The van der Waals surface area contributed by atoms with Crippen molar-refractivity contribution in [3.63, 3.8) is 0 Å². The summed E-state index contributed by atoms with van der Waals surface area (Å²) in [6.07, 6.45) is 2.55. The smallest absolute Gasteiger partial charge is 0.138 e. The highest BCUT2D eigenvalue weighted by molar-refractivity contribution is 9.09. The van der Waals surface area contributed by atoms with Gasteiger partial charge in [0.15, 0.2) is 0 Å². The van der Waals surface area contributed by atoms with Gasteiger partial charge >= 0.3 is 0 Å². The molecule has 0 atom stereocenters. The van der Waals surface area contributed by atoms with Gasteiger partial charge < -0.3 is 0 Å². The van der Waals surface area contributed by atoms with Crippen LogP contribution in [0, 0.1) is 5.41 Å². The van der Waals surface area contributed by atoms with Gasteiger partial charge in [0, 0.05) is 18.8 Å². The molecule has 0 aliphatic carbocycles. The lowest BCUT2D eigenvalue weighted by molar-refractivity contribution is 0.405. The van der Waals surface area contributed by atoms with Crippen molar-refractivity contribution in [3.05, 3.63) is 12.2 Å². The Balaban J connectivity index is 2.70. The standard InChI is InChI=1S/C8H14BrN3/c1-8(2,5-9)4-7-10-6-11-12(7)3/h6H,4-5H2,1-3H3. The maximum absolute atomic E-state index is 4.18. The fourth-order valence-electron chi connectivity index (χ4n) is 0.955. The number of hydrogen-bond acceptors (Lipinski definition) is 2. The average molecular weight is 232 g/mol. The first-order valence-electron chi connectivity index (χ1n) is 3.94. The van der Waals surface area contributed by atoms with Gasteiger partial charge in [-0.3, -0.25) is 4.68 Å². The fourth-order valence-corrected chi connectivity index (χ4v) is 1.15. The van der Waals surface area contributed by atoms with E-state index in [9.17, 15) is 0 Å². The van der Waals surface area contributed by atoms with E-state index in [-0.39, 0.29) is 5.41 Å². The van der Waals surface area contributed by atoms with Crippen LogP contribution in [0.4, 0.5) is 0 Å². The summed E-state index contributed by atoms with van der Waals surface area (Å²) in [5, 5.41) is 5.00. The maximum atomic E-state index is 4.18. The number of hydrogen-bond donors (Lipinski definition) is 0. The van der Waals surface area contributed by atoms with Crippen molar-refractivity contribution in [3.8, 4) is 0 Å². The minimum Gasteiger partial charge on any atom is -0.253 e. The van der Waals surface area contributed by atoms with E-state index < -0.39 is 0 Å². The molecule has 0 N–H and O–H groups in total. The number of alkyl halides is 1. The molecule has 1 rings (SSSR count). The van der Waals surface area contributed by atoms with E-state index in [0.717, 1.165) is 17.6 Å². The van der Waals surface area contributed by atoms with Crippen molar-refractivity contribution >= 4 is 15.9 Å². The lowest BCUT2D eigenvalue weighted by atomic mass is 9.92. The molecule has 0 unspecified atom stereocenters. The zero-order chi connectivity index (χ0) is 9.19. The van der Waals surface area contributed by atoms with Gasteiger partial charge in [0.25, 0.3) is 0 Å². The van der Waals surface area contributed by atoms with Crippen molar-refractivity contribution in [2.45, 2.75) is 20.3 Å². The minimum atomic E-state index is 0.251. The molecule has 0 saturated heterocycles. The molecule has 0 amide bonds. The Bertz CT molecular complexity index is 255. The van der Waals surface area contributed by atoms with Crippen molar-refractivity contribution in [1.29, 1.82) is 0 Å². The molecule has 4 heteroatoms. The summed E-state index contributed by atoms with van der Waals surface area (Å²) < 4.78 is 1.82. The fraction of sp³-hybridized carbons (Fsp3) is 0.750. The summed E-state index contributed by atoms with van der Waals surface area (Å²) in [7, 11) is 1.92. The third-order valence-corrected chi connectivity index (χ3v) is 3.32. The molecule has 0 spiro atoms. The molecule has 0 aliphatic rings. The maximum Gasteiger partial charge on any atom is 0.138 e. The van der Waals surface area contributed by atoms with Gasteiger partial charge in [-0.25, -0.2) is 4.98 Å². The molecule has 1 aromatic heterocycles. The summed E-state index contributed by atoms with van der Waals surface area (Å²) in [5.41, 5.74) is 0.251. The largest absolute Gasteiger partial charge is 0.253 e. The Morgan fingerprint density at radius 1 is 1.58 bits per heavy atom. The first kappa shape index (κ1) is 9.71. The van der Waals surface area contributed by atoms with Crippen molar-refractivity contribution in [2.75, 3.05) is 5.33 Å². The van der Waals surface area contributed by atoms with E-state index in [1.807, 2.05) is 11.7 Å². The minimum absolute atomic E-state index is 0.251. The lowest BCUT2D eigenvalue weighted by Gasteiger charge is -2.20. The third kappa shape index (κ3) is 2.30. The van der Waals surface area contributed by atoms with Crippen molar-refractivity contribution < 1.29 is 0 Å². The van der Waals surface area contributed by atoms with Crippen molar-refractivity contribution in [2.24, 2.45) is 12.5 Å². The molecule has 0 radical (unpaired) electrons. The second-order valence-electron chi connectivity index (χ2n) is 3.77. The highest BCUT2D eigenvalue weighted by atomic mass is 79.9. The molecule has 0 bridgehead atoms. The van der Waals surface area contributed by atoms with Gasteiger partial charge in [0.05, 0.1) is 0 Å². The van der Waals surface area contributed by atoms with Crippen LogP contribution in [0.3, 0.4) is 0 Å². The SMILES string of the molecule is Cn1ncnc1CC(C)(C)CBr. The van der Waals surface area contributed by atoms with E-state index in [1.54, 1.807) is 6.33 Å². The van der Waals surface area contributed by atoms with Crippen LogP contribution < -0.4 is 0 Å². The molecule has 12 heavy (non-hydrogen) atoms. The molecule has 3 nitrogen and oxygen atoms in total. The van der Waals surface area contributed by atoms with Crippen molar-refractivity contribution in [1.82, 2.24) is 14.8 Å². The van der Waals surface area contributed by atoms with E-state index in [4.69, 9.17) is 0 Å². The van der Waals surface area contributed by atoms with Crippen LogP contribution in [-0.2, 0) is 13.5 Å². The highest BCUT2D eigenvalue weighted by Gasteiger charge is 2.19. The Morgan fingerprint density at radius 2 is 2.25 bits per heavy atom. The Labute approximate surface area is 81.3 Å². The molecular formula is C8H14BrN3. The molecule has 1 aromatic rings. The molecule has 1 heterocycles. The van der Waals surface area contributed by atoms with Gasteiger partial charge in [0.1, 0.15) is 12.2 Å². The molecule has 0 fully saturated rings. The zero-order valence-electron chi connectivity index (χ0n) is 7.71. The van der Waals surface area contributed by atoms with Crippen LogP contribution in [0.25, 0.3) is 0 Å². The van der Waals surface area contributed by atoms with E-state index in [0.29, 0.717) is 0 Å². The van der Waals surface area contributed by atoms with E-state index in [2.05, 4.69) is 39.9 Å². The number of nitrogens with zero attached hydrogens (tertiary/aromatic N) is 3. The third-order valence-electron chi connectivity index (χ3n) is 1.80. The van der Waals surface area contributed by atoms with Crippen LogP contribution in [0.15, 0.2) is 6.33 Å². The first-order valence-corrected chi connectivity index (χ1v) is 5.06. The highest BCUT2D eigenvalue weighted by Crippen LogP contribution is 2.22. The molecular weight excluding hydrogens is 218 g/mol. The Hall–Kier alpha value is -0.380. The van der Waals surface area contributed by atoms with Gasteiger partial charge in [-0.1, -0.05) is 29.8 Å². The van der Waals surface area contributed by atoms with Gasteiger partial charge in [-0.2, -0.15) is 5.10 Å². The van der Waals surface area contributed by atoms with Crippen LogP contribution in [0.5, 0.6) is 0 Å². The van der Waals surface area contributed by atoms with Crippen LogP contribution >= 0.6 is 15.9 Å². The summed E-state index contributed by atoms with van der Waals surface area (Å²) in [6.45, 7) is 4.41. The predicted octanol–water partition coefficient (Wildman–Crippen LogP) is 1.78. The summed E-state index contributed by atoms with van der Waals surface area (Å²) >= 11 is 3.48. The Kier molecular flexibility index (Phi) is 2.88. The molecule has 0 aromatic carbocycles. The van der Waals surface area contributed by atoms with E-state index >= 15 is 0 Å². The number of aryl methyl sites for hydroxylation is 1. The predicted molar refractivity (Wildman–Crippen MR) is 52.3 cm³/mol. The van der Waals surface area contributed by atoms with E-state index in [1.165, 1.54) is 0 Å². The quantitative estimate of drug-likeness (QED) is 0.743. The first-order chi connectivity index (χ1) is 5.55. The molecule has 68 valence electrons. The normalized spacial score (nSPS) is 12.0. The summed E-state index contributed by atoms with van der Waals surface area (Å²) in [5.74, 6) is 1.04. The van der Waals surface area contributed by atoms with Crippen LogP contribution in [-0.4, -0.2) is 20.1 Å². The molecule has 0 saturated carbocycles. The van der Waals surface area contributed by atoms with Gasteiger partial charge in [-0.05, 0) is 5.41 Å².